The van der Waals surface area contributed by atoms with Crippen LogP contribution in [0, 0.1) is 6.92 Å². The third-order valence-electron chi connectivity index (χ3n) is 3.74. The molecule has 1 amide bonds. The highest BCUT2D eigenvalue weighted by Gasteiger charge is 2.11. The molecule has 6 nitrogen and oxygen atoms in total. The topological polar surface area (TPSA) is 81.2 Å². The van der Waals surface area contributed by atoms with E-state index in [9.17, 15) is 9.59 Å². The van der Waals surface area contributed by atoms with Gasteiger partial charge in [0, 0.05) is 23.0 Å². The van der Waals surface area contributed by atoms with Gasteiger partial charge in [0.05, 0.1) is 18.4 Å². The number of hydrogen-bond donors (Lipinski definition) is 1. The number of rotatable bonds is 4. The molecule has 0 saturated carbocycles. The molecule has 1 heterocycles. The summed E-state index contributed by atoms with van der Waals surface area (Å²) in [6, 6.07) is 15.6. The first kappa shape index (κ1) is 17.3. The largest absolute Gasteiger partial charge is 0.465 e. The van der Waals surface area contributed by atoms with E-state index in [0.29, 0.717) is 22.6 Å². The molecule has 3 aromatic rings. The normalized spacial score (nSPS) is 10.2. The zero-order chi connectivity index (χ0) is 18.5. The van der Waals surface area contributed by atoms with E-state index in [2.05, 4.69) is 20.0 Å². The molecule has 0 unspecified atom stereocenters. The van der Waals surface area contributed by atoms with E-state index in [4.69, 9.17) is 0 Å². The maximum absolute atomic E-state index is 12.5. The highest BCUT2D eigenvalue weighted by Crippen LogP contribution is 2.21. The summed E-state index contributed by atoms with van der Waals surface area (Å²) >= 11 is 0. The fourth-order valence-electron chi connectivity index (χ4n) is 2.48. The average molecular weight is 347 g/mol. The Balaban J connectivity index is 1.82. The molecule has 2 aromatic carbocycles. The van der Waals surface area contributed by atoms with Crippen LogP contribution in [0.3, 0.4) is 0 Å². The van der Waals surface area contributed by atoms with Crippen molar-refractivity contribution in [3.05, 3.63) is 77.7 Å². The Bertz CT molecular complexity index is 970. The number of ether oxygens (including phenoxy) is 1. The van der Waals surface area contributed by atoms with Gasteiger partial charge in [-0.15, -0.1) is 0 Å². The van der Waals surface area contributed by atoms with E-state index in [1.54, 1.807) is 30.5 Å². The molecule has 130 valence electrons. The SMILES string of the molecule is COC(=O)c1cccc(C(=O)Nc2cccc(-c3ccnc(C)n3)c2)c1. The number of nitrogens with zero attached hydrogens (tertiary/aromatic N) is 2. The Morgan fingerprint density at radius 1 is 1.00 bits per heavy atom. The quantitative estimate of drug-likeness (QED) is 0.731. The molecule has 3 rings (SSSR count). The average Bonchev–Trinajstić information content (AvgIpc) is 2.67. The van der Waals surface area contributed by atoms with E-state index in [1.165, 1.54) is 13.2 Å². The number of carbonyl (C=O) groups excluding carboxylic acids is 2. The van der Waals surface area contributed by atoms with Crippen molar-refractivity contribution in [2.75, 3.05) is 12.4 Å². The van der Waals surface area contributed by atoms with Gasteiger partial charge in [0.15, 0.2) is 0 Å². The molecular weight excluding hydrogens is 330 g/mol. The monoisotopic (exact) mass is 347 g/mol. The van der Waals surface area contributed by atoms with Crippen LogP contribution in [0.1, 0.15) is 26.5 Å². The predicted molar refractivity (Wildman–Crippen MR) is 97.9 cm³/mol. The van der Waals surface area contributed by atoms with Gasteiger partial charge in [-0.3, -0.25) is 4.79 Å². The van der Waals surface area contributed by atoms with Crippen LogP contribution in [0.15, 0.2) is 60.8 Å². The van der Waals surface area contributed by atoms with Crippen molar-refractivity contribution in [1.29, 1.82) is 0 Å². The Morgan fingerprint density at radius 3 is 2.54 bits per heavy atom. The molecular formula is C20H17N3O3. The number of esters is 1. The van der Waals surface area contributed by atoms with Gasteiger partial charge >= 0.3 is 5.97 Å². The lowest BCUT2D eigenvalue weighted by Crippen LogP contribution is -2.13. The van der Waals surface area contributed by atoms with Gasteiger partial charge in [0.1, 0.15) is 5.82 Å². The number of nitrogens with one attached hydrogen (secondary N) is 1. The van der Waals surface area contributed by atoms with Gasteiger partial charge in [-0.05, 0) is 43.3 Å². The summed E-state index contributed by atoms with van der Waals surface area (Å²) in [5, 5.41) is 2.83. The van der Waals surface area contributed by atoms with Crippen molar-refractivity contribution in [2.45, 2.75) is 6.92 Å². The lowest BCUT2D eigenvalue weighted by molar-refractivity contribution is 0.0600. The molecule has 26 heavy (non-hydrogen) atoms. The predicted octanol–water partition coefficient (Wildman–Crippen LogP) is 3.49. The van der Waals surface area contributed by atoms with E-state index in [1.807, 2.05) is 31.2 Å². The molecule has 0 spiro atoms. The lowest BCUT2D eigenvalue weighted by atomic mass is 10.1. The van der Waals surface area contributed by atoms with Crippen LogP contribution in [0.2, 0.25) is 0 Å². The molecule has 0 aliphatic carbocycles. The highest BCUT2D eigenvalue weighted by atomic mass is 16.5. The van der Waals surface area contributed by atoms with Crippen molar-refractivity contribution >= 4 is 17.6 Å². The zero-order valence-electron chi connectivity index (χ0n) is 14.4. The van der Waals surface area contributed by atoms with Gasteiger partial charge < -0.3 is 10.1 Å². The second-order valence-corrected chi connectivity index (χ2v) is 5.60. The Hall–Kier alpha value is -3.54. The fourth-order valence-corrected chi connectivity index (χ4v) is 2.48. The standard InChI is InChI=1S/C20H17N3O3/c1-13-21-10-9-18(22-13)14-5-4-8-17(12-14)23-19(24)15-6-3-7-16(11-15)20(25)26-2/h3-12H,1-2H3,(H,23,24). The van der Waals surface area contributed by atoms with Crippen LogP contribution in [-0.2, 0) is 4.74 Å². The van der Waals surface area contributed by atoms with Gasteiger partial charge in [0.25, 0.3) is 5.91 Å². The molecule has 0 radical (unpaired) electrons. The first-order chi connectivity index (χ1) is 12.6. The number of benzene rings is 2. The molecule has 0 aliphatic heterocycles. The minimum Gasteiger partial charge on any atom is -0.465 e. The molecule has 0 fully saturated rings. The maximum atomic E-state index is 12.5. The van der Waals surface area contributed by atoms with Crippen molar-refractivity contribution in [3.8, 4) is 11.3 Å². The van der Waals surface area contributed by atoms with E-state index >= 15 is 0 Å². The minimum absolute atomic E-state index is 0.313. The van der Waals surface area contributed by atoms with Crippen molar-refractivity contribution in [3.63, 3.8) is 0 Å². The summed E-state index contributed by atoms with van der Waals surface area (Å²) in [5.41, 5.74) is 2.98. The number of aryl methyl sites for hydroxylation is 1. The number of anilines is 1. The third kappa shape index (κ3) is 3.92. The van der Waals surface area contributed by atoms with E-state index in [-0.39, 0.29) is 5.91 Å². The molecule has 1 N–H and O–H groups in total. The number of methoxy groups -OCH3 is 1. The first-order valence-corrected chi connectivity index (χ1v) is 7.96. The third-order valence-corrected chi connectivity index (χ3v) is 3.74. The van der Waals surface area contributed by atoms with Crippen molar-refractivity contribution in [1.82, 2.24) is 9.97 Å². The minimum atomic E-state index is -0.485. The summed E-state index contributed by atoms with van der Waals surface area (Å²) in [4.78, 5) is 32.6. The van der Waals surface area contributed by atoms with Crippen LogP contribution in [-0.4, -0.2) is 29.0 Å². The molecule has 1 aromatic heterocycles. The molecule has 0 atom stereocenters. The Morgan fingerprint density at radius 2 is 1.77 bits per heavy atom. The van der Waals surface area contributed by atoms with E-state index in [0.717, 1.165) is 11.3 Å². The summed E-state index contributed by atoms with van der Waals surface area (Å²) in [7, 11) is 1.30. The fraction of sp³-hybridized carbons (Fsp3) is 0.100. The summed E-state index contributed by atoms with van der Waals surface area (Å²) in [6.45, 7) is 1.82. The van der Waals surface area contributed by atoms with Crippen LogP contribution < -0.4 is 5.32 Å². The summed E-state index contributed by atoms with van der Waals surface area (Å²) in [6.07, 6.45) is 1.70. The maximum Gasteiger partial charge on any atom is 0.337 e. The number of aromatic nitrogens is 2. The molecule has 0 saturated heterocycles. The highest BCUT2D eigenvalue weighted by molar-refractivity contribution is 6.05. The Labute approximate surface area is 150 Å². The van der Waals surface area contributed by atoms with Gasteiger partial charge in [-0.2, -0.15) is 0 Å². The smallest absolute Gasteiger partial charge is 0.337 e. The van der Waals surface area contributed by atoms with Gasteiger partial charge in [-0.25, -0.2) is 14.8 Å². The lowest BCUT2D eigenvalue weighted by Gasteiger charge is -2.08. The second-order valence-electron chi connectivity index (χ2n) is 5.60. The number of hydrogen-bond acceptors (Lipinski definition) is 5. The second kappa shape index (κ2) is 7.57. The van der Waals surface area contributed by atoms with Crippen molar-refractivity contribution < 1.29 is 14.3 Å². The molecule has 0 aliphatic rings. The number of carbonyl (C=O) groups is 2. The Kier molecular flexibility index (Phi) is 5.03. The van der Waals surface area contributed by atoms with E-state index < -0.39 is 5.97 Å². The van der Waals surface area contributed by atoms with Crippen LogP contribution in [0.4, 0.5) is 5.69 Å². The summed E-state index contributed by atoms with van der Waals surface area (Å²) in [5.74, 6) is -0.121. The van der Waals surface area contributed by atoms with Crippen LogP contribution in [0.5, 0.6) is 0 Å². The van der Waals surface area contributed by atoms with Crippen LogP contribution in [0.25, 0.3) is 11.3 Å². The molecule has 6 heteroatoms. The molecule has 0 bridgehead atoms. The van der Waals surface area contributed by atoms with Crippen LogP contribution >= 0.6 is 0 Å². The summed E-state index contributed by atoms with van der Waals surface area (Å²) < 4.78 is 4.68. The zero-order valence-corrected chi connectivity index (χ0v) is 14.4. The van der Waals surface area contributed by atoms with Gasteiger partial charge in [0.2, 0.25) is 0 Å². The van der Waals surface area contributed by atoms with Crippen molar-refractivity contribution in [2.24, 2.45) is 0 Å². The first-order valence-electron chi connectivity index (χ1n) is 7.96. The van der Waals surface area contributed by atoms with Gasteiger partial charge in [-0.1, -0.05) is 18.2 Å². The number of amides is 1.